The van der Waals surface area contributed by atoms with Gasteiger partial charge < -0.3 is 4.90 Å². The lowest BCUT2D eigenvalue weighted by Crippen LogP contribution is -2.34. The SMILES string of the molecule is Cc1cncc(N2CCC(c3nnn(-c4ccc(Cl)cc4)n3)CC2)n1. The van der Waals surface area contributed by atoms with E-state index in [4.69, 9.17) is 11.6 Å². The van der Waals surface area contributed by atoms with Gasteiger partial charge in [0, 0.05) is 30.2 Å². The molecule has 3 aromatic rings. The fourth-order valence-corrected chi connectivity index (χ4v) is 3.17. The van der Waals surface area contributed by atoms with Crippen molar-refractivity contribution in [2.45, 2.75) is 25.7 Å². The number of nitrogens with zero attached hydrogens (tertiary/aromatic N) is 7. The van der Waals surface area contributed by atoms with Gasteiger partial charge in [-0.1, -0.05) is 11.6 Å². The molecule has 25 heavy (non-hydrogen) atoms. The van der Waals surface area contributed by atoms with Crippen LogP contribution in [0, 0.1) is 6.92 Å². The molecule has 0 radical (unpaired) electrons. The standard InChI is InChI=1S/C17H18ClN7/c1-12-10-19-11-16(20-12)24-8-6-13(7-9-24)17-21-23-25(22-17)15-4-2-14(18)3-5-15/h2-5,10-11,13H,6-9H2,1H3. The fourth-order valence-electron chi connectivity index (χ4n) is 3.04. The molecule has 4 rings (SSSR count). The molecule has 128 valence electrons. The fraction of sp³-hybridized carbons (Fsp3) is 0.353. The van der Waals surface area contributed by atoms with Gasteiger partial charge in [0.25, 0.3) is 0 Å². The highest BCUT2D eigenvalue weighted by Gasteiger charge is 2.25. The first-order valence-electron chi connectivity index (χ1n) is 8.28. The van der Waals surface area contributed by atoms with Crippen molar-refractivity contribution >= 4 is 17.4 Å². The van der Waals surface area contributed by atoms with Gasteiger partial charge in [-0.05, 0) is 49.2 Å². The summed E-state index contributed by atoms with van der Waals surface area (Å²) in [6, 6.07) is 7.40. The average Bonchev–Trinajstić information content (AvgIpc) is 3.13. The Morgan fingerprint density at radius 3 is 2.56 bits per heavy atom. The van der Waals surface area contributed by atoms with Gasteiger partial charge in [-0.3, -0.25) is 4.98 Å². The van der Waals surface area contributed by atoms with Gasteiger partial charge in [0.2, 0.25) is 0 Å². The Balaban J connectivity index is 1.44. The van der Waals surface area contributed by atoms with Gasteiger partial charge >= 0.3 is 0 Å². The predicted molar refractivity (Wildman–Crippen MR) is 95.1 cm³/mol. The number of aromatic nitrogens is 6. The first-order chi connectivity index (χ1) is 12.2. The smallest absolute Gasteiger partial charge is 0.178 e. The molecule has 0 aliphatic carbocycles. The highest BCUT2D eigenvalue weighted by molar-refractivity contribution is 6.30. The lowest BCUT2D eigenvalue weighted by Gasteiger charge is -2.31. The van der Waals surface area contributed by atoms with Crippen LogP contribution >= 0.6 is 11.6 Å². The summed E-state index contributed by atoms with van der Waals surface area (Å²) in [5.41, 5.74) is 1.79. The minimum absolute atomic E-state index is 0.315. The molecule has 3 heterocycles. The Hall–Kier alpha value is -2.54. The molecule has 0 unspecified atom stereocenters. The lowest BCUT2D eigenvalue weighted by atomic mass is 9.96. The minimum Gasteiger partial charge on any atom is -0.355 e. The van der Waals surface area contributed by atoms with E-state index in [9.17, 15) is 0 Å². The van der Waals surface area contributed by atoms with Crippen molar-refractivity contribution in [2.24, 2.45) is 0 Å². The van der Waals surface area contributed by atoms with Crippen LogP contribution in [0.3, 0.4) is 0 Å². The van der Waals surface area contributed by atoms with Crippen LogP contribution in [-0.4, -0.2) is 43.3 Å². The van der Waals surface area contributed by atoms with Crippen molar-refractivity contribution in [3.05, 3.63) is 53.2 Å². The van der Waals surface area contributed by atoms with Gasteiger partial charge in [0.05, 0.1) is 17.6 Å². The molecule has 2 aromatic heterocycles. The third-order valence-electron chi connectivity index (χ3n) is 4.41. The third kappa shape index (κ3) is 3.46. The topological polar surface area (TPSA) is 72.6 Å². The van der Waals surface area contributed by atoms with E-state index in [0.717, 1.165) is 49.0 Å². The molecule has 0 bridgehead atoms. The maximum absolute atomic E-state index is 5.92. The molecule has 7 nitrogen and oxygen atoms in total. The summed E-state index contributed by atoms with van der Waals surface area (Å²) in [5.74, 6) is 2.05. The molecule has 0 amide bonds. The normalized spacial score (nSPS) is 15.5. The summed E-state index contributed by atoms with van der Waals surface area (Å²) >= 11 is 5.92. The number of tetrazole rings is 1. The molecule has 8 heteroatoms. The Kier molecular flexibility index (Phi) is 4.31. The summed E-state index contributed by atoms with van der Waals surface area (Å²) < 4.78 is 0. The number of anilines is 1. The van der Waals surface area contributed by atoms with Crippen molar-refractivity contribution in [1.82, 2.24) is 30.2 Å². The zero-order chi connectivity index (χ0) is 17.2. The van der Waals surface area contributed by atoms with Gasteiger partial charge in [-0.2, -0.15) is 0 Å². The van der Waals surface area contributed by atoms with Crippen LogP contribution in [0.5, 0.6) is 0 Å². The monoisotopic (exact) mass is 355 g/mol. The first-order valence-corrected chi connectivity index (χ1v) is 8.66. The lowest BCUT2D eigenvalue weighted by molar-refractivity contribution is 0.482. The zero-order valence-electron chi connectivity index (χ0n) is 13.9. The summed E-state index contributed by atoms with van der Waals surface area (Å²) in [7, 11) is 0. The summed E-state index contributed by atoms with van der Waals surface area (Å²) in [4.78, 5) is 12.6. The number of halogens is 1. The summed E-state index contributed by atoms with van der Waals surface area (Å²) in [5, 5.41) is 13.7. The molecule has 0 atom stereocenters. The second-order valence-corrected chi connectivity index (χ2v) is 6.63. The highest BCUT2D eigenvalue weighted by atomic mass is 35.5. The van der Waals surface area contributed by atoms with Gasteiger partial charge in [0.15, 0.2) is 5.82 Å². The maximum Gasteiger partial charge on any atom is 0.178 e. The second kappa shape index (κ2) is 6.76. The van der Waals surface area contributed by atoms with Crippen molar-refractivity contribution in [3.63, 3.8) is 0 Å². The molecular formula is C17H18ClN7. The third-order valence-corrected chi connectivity index (χ3v) is 4.66. The minimum atomic E-state index is 0.315. The average molecular weight is 356 g/mol. The van der Waals surface area contributed by atoms with Crippen LogP contribution in [0.4, 0.5) is 5.82 Å². The molecule has 0 spiro atoms. The molecule has 1 aliphatic rings. The number of hydrogen-bond acceptors (Lipinski definition) is 6. The molecule has 1 aromatic carbocycles. The van der Waals surface area contributed by atoms with Crippen LogP contribution < -0.4 is 4.90 Å². The molecule has 1 aliphatic heterocycles. The Labute approximate surface area is 150 Å². The van der Waals surface area contributed by atoms with Gasteiger partial charge in [-0.25, -0.2) is 4.98 Å². The Bertz CT molecular complexity index is 853. The van der Waals surface area contributed by atoms with Gasteiger partial charge in [-0.15, -0.1) is 15.0 Å². The van der Waals surface area contributed by atoms with Crippen molar-refractivity contribution in [1.29, 1.82) is 0 Å². The van der Waals surface area contributed by atoms with Crippen LogP contribution in [0.25, 0.3) is 5.69 Å². The number of benzene rings is 1. The van der Waals surface area contributed by atoms with Crippen LogP contribution in [0.1, 0.15) is 30.3 Å². The van der Waals surface area contributed by atoms with Crippen LogP contribution in [0.2, 0.25) is 5.02 Å². The number of hydrogen-bond donors (Lipinski definition) is 0. The molecule has 1 saturated heterocycles. The van der Waals surface area contributed by atoms with Crippen LogP contribution in [-0.2, 0) is 0 Å². The largest absolute Gasteiger partial charge is 0.355 e. The highest BCUT2D eigenvalue weighted by Crippen LogP contribution is 2.27. The maximum atomic E-state index is 5.92. The zero-order valence-corrected chi connectivity index (χ0v) is 14.6. The summed E-state index contributed by atoms with van der Waals surface area (Å²) in [6.07, 6.45) is 5.54. The molecule has 0 N–H and O–H groups in total. The van der Waals surface area contributed by atoms with E-state index in [0.29, 0.717) is 10.9 Å². The molecular weight excluding hydrogens is 338 g/mol. The number of rotatable bonds is 3. The van der Waals surface area contributed by atoms with E-state index in [2.05, 4.69) is 30.3 Å². The molecule has 0 saturated carbocycles. The summed E-state index contributed by atoms with van der Waals surface area (Å²) in [6.45, 7) is 3.79. The van der Waals surface area contributed by atoms with E-state index < -0.39 is 0 Å². The predicted octanol–water partition coefficient (Wildman–Crippen LogP) is 2.80. The van der Waals surface area contributed by atoms with Crippen molar-refractivity contribution in [2.75, 3.05) is 18.0 Å². The van der Waals surface area contributed by atoms with E-state index in [1.54, 1.807) is 11.0 Å². The first kappa shape index (κ1) is 16.0. The van der Waals surface area contributed by atoms with E-state index in [1.165, 1.54) is 0 Å². The molecule has 1 fully saturated rings. The Morgan fingerprint density at radius 1 is 1.08 bits per heavy atom. The van der Waals surface area contributed by atoms with E-state index >= 15 is 0 Å². The van der Waals surface area contributed by atoms with Crippen molar-refractivity contribution in [3.8, 4) is 5.69 Å². The van der Waals surface area contributed by atoms with Gasteiger partial charge in [0.1, 0.15) is 5.82 Å². The number of aryl methyl sites for hydroxylation is 1. The van der Waals surface area contributed by atoms with E-state index in [1.807, 2.05) is 37.4 Å². The second-order valence-electron chi connectivity index (χ2n) is 6.19. The van der Waals surface area contributed by atoms with Crippen molar-refractivity contribution < 1.29 is 0 Å². The van der Waals surface area contributed by atoms with E-state index in [-0.39, 0.29) is 0 Å². The van der Waals surface area contributed by atoms with Crippen LogP contribution in [0.15, 0.2) is 36.7 Å². The Morgan fingerprint density at radius 2 is 1.84 bits per heavy atom. The quantitative estimate of drug-likeness (QED) is 0.719. The number of piperidine rings is 1.